The highest BCUT2D eigenvalue weighted by Gasteiger charge is 2.25. The number of thiazole rings is 1. The first-order valence-corrected chi connectivity index (χ1v) is 9.49. The van der Waals surface area contributed by atoms with Crippen molar-refractivity contribution in [1.82, 2.24) is 4.98 Å². The van der Waals surface area contributed by atoms with Crippen molar-refractivity contribution in [3.63, 3.8) is 0 Å². The number of ether oxygens (including phenoxy) is 1. The van der Waals surface area contributed by atoms with Crippen LogP contribution in [0.25, 0.3) is 11.3 Å². The number of nitriles is 1. The molecule has 0 amide bonds. The van der Waals surface area contributed by atoms with Crippen LogP contribution in [0.15, 0.2) is 46.2 Å². The maximum atomic E-state index is 12.2. The lowest BCUT2D eigenvalue weighted by atomic mass is 10.1. The second kappa shape index (κ2) is 8.63. The summed E-state index contributed by atoms with van der Waals surface area (Å²) in [5.41, 5.74) is 1.98. The van der Waals surface area contributed by atoms with Crippen molar-refractivity contribution in [2.45, 2.75) is 19.8 Å². The van der Waals surface area contributed by atoms with Crippen LogP contribution < -0.4 is 0 Å². The molecule has 1 aromatic carbocycles. The fraction of sp³-hybridized carbons (Fsp3) is 0.190. The Labute approximate surface area is 170 Å². The van der Waals surface area contributed by atoms with Crippen molar-refractivity contribution >= 4 is 28.9 Å². The van der Waals surface area contributed by atoms with Gasteiger partial charge in [0.2, 0.25) is 5.76 Å². The van der Waals surface area contributed by atoms with Crippen LogP contribution in [0, 0.1) is 18.3 Å². The summed E-state index contributed by atoms with van der Waals surface area (Å²) < 4.78 is 10.5. The Morgan fingerprint density at radius 2 is 1.93 bits per heavy atom. The molecule has 0 aliphatic heterocycles. The largest absolute Gasteiger partial charge is 0.452 e. The minimum absolute atomic E-state index is 0.0477. The SMILES string of the molecule is CC(=O)c1ccc(-c2ccc(C(=O)OCC(=O)[C@H](C#N)c3nc(C)cs3)o2)cc1. The predicted molar refractivity (Wildman–Crippen MR) is 105 cm³/mol. The fourth-order valence-corrected chi connectivity index (χ4v) is 3.39. The van der Waals surface area contributed by atoms with E-state index in [0.29, 0.717) is 21.9 Å². The molecule has 3 rings (SSSR count). The quantitative estimate of drug-likeness (QED) is 0.430. The Morgan fingerprint density at radius 1 is 1.21 bits per heavy atom. The number of hydrogen-bond donors (Lipinski definition) is 0. The van der Waals surface area contributed by atoms with Crippen LogP contribution in [0.2, 0.25) is 0 Å². The van der Waals surface area contributed by atoms with Gasteiger partial charge in [-0.15, -0.1) is 11.3 Å². The van der Waals surface area contributed by atoms with Gasteiger partial charge in [0.05, 0.1) is 6.07 Å². The van der Waals surface area contributed by atoms with Gasteiger partial charge in [0.15, 0.2) is 24.1 Å². The third kappa shape index (κ3) is 4.65. The molecule has 0 aliphatic rings. The molecule has 7 nitrogen and oxygen atoms in total. The van der Waals surface area contributed by atoms with E-state index in [2.05, 4.69) is 4.98 Å². The molecule has 0 bridgehead atoms. The Bertz CT molecular complexity index is 1100. The molecule has 29 heavy (non-hydrogen) atoms. The maximum absolute atomic E-state index is 12.2. The van der Waals surface area contributed by atoms with Crippen LogP contribution in [0.1, 0.15) is 44.5 Å². The number of nitrogens with zero attached hydrogens (tertiary/aromatic N) is 2. The number of benzene rings is 1. The first-order chi connectivity index (χ1) is 13.9. The average Bonchev–Trinajstić information content (AvgIpc) is 3.36. The topological polar surface area (TPSA) is 110 Å². The van der Waals surface area contributed by atoms with E-state index in [1.165, 1.54) is 24.3 Å². The average molecular weight is 408 g/mol. The third-order valence-corrected chi connectivity index (χ3v) is 5.09. The fourth-order valence-electron chi connectivity index (χ4n) is 2.53. The van der Waals surface area contributed by atoms with Gasteiger partial charge >= 0.3 is 5.97 Å². The van der Waals surface area contributed by atoms with Crippen LogP contribution in [0.3, 0.4) is 0 Å². The molecule has 0 unspecified atom stereocenters. The molecule has 146 valence electrons. The zero-order chi connectivity index (χ0) is 21.0. The van der Waals surface area contributed by atoms with Crippen LogP contribution in [0.4, 0.5) is 0 Å². The number of carbonyl (C=O) groups is 3. The zero-order valence-corrected chi connectivity index (χ0v) is 16.5. The number of esters is 1. The minimum Gasteiger partial charge on any atom is -0.452 e. The normalized spacial score (nSPS) is 11.5. The summed E-state index contributed by atoms with van der Waals surface area (Å²) in [7, 11) is 0. The summed E-state index contributed by atoms with van der Waals surface area (Å²) in [6.45, 7) is 2.68. The number of aromatic nitrogens is 1. The van der Waals surface area contributed by atoms with E-state index in [-0.39, 0.29) is 11.5 Å². The molecular weight excluding hydrogens is 392 g/mol. The van der Waals surface area contributed by atoms with E-state index in [0.717, 1.165) is 5.69 Å². The van der Waals surface area contributed by atoms with E-state index in [1.54, 1.807) is 42.6 Å². The molecule has 1 atom stereocenters. The Kier molecular flexibility index (Phi) is 6.00. The van der Waals surface area contributed by atoms with Crippen LogP contribution in [-0.2, 0) is 9.53 Å². The number of carbonyl (C=O) groups excluding carboxylic acids is 3. The highest BCUT2D eigenvalue weighted by molar-refractivity contribution is 7.09. The van der Waals surface area contributed by atoms with Gasteiger partial charge in [-0.1, -0.05) is 24.3 Å². The molecule has 0 fully saturated rings. The maximum Gasteiger partial charge on any atom is 0.374 e. The van der Waals surface area contributed by atoms with Crippen molar-refractivity contribution in [2.24, 2.45) is 0 Å². The van der Waals surface area contributed by atoms with E-state index in [1.807, 2.05) is 6.07 Å². The van der Waals surface area contributed by atoms with Crippen LogP contribution >= 0.6 is 11.3 Å². The van der Waals surface area contributed by atoms with Gasteiger partial charge in [0.25, 0.3) is 0 Å². The van der Waals surface area contributed by atoms with Gasteiger partial charge < -0.3 is 9.15 Å². The molecular formula is C21H16N2O5S. The number of hydrogen-bond acceptors (Lipinski definition) is 8. The minimum atomic E-state index is -1.08. The standard InChI is InChI=1S/C21H16N2O5S/c1-12-11-29-20(23-12)16(9-22)17(25)10-27-21(26)19-8-7-18(28-19)15-5-3-14(4-6-15)13(2)24/h3-8,11,16H,10H2,1-2H3/t16-/m0/s1. The molecule has 0 N–H and O–H groups in total. The predicted octanol–water partition coefficient (Wildman–Crippen LogP) is 3.95. The third-order valence-electron chi connectivity index (χ3n) is 4.06. The molecule has 3 aromatic rings. The van der Waals surface area contributed by atoms with Crippen LogP contribution in [-0.4, -0.2) is 29.1 Å². The zero-order valence-electron chi connectivity index (χ0n) is 15.7. The Hall–Kier alpha value is -3.57. The summed E-state index contributed by atoms with van der Waals surface area (Å²) in [5.74, 6) is -2.13. The van der Waals surface area contributed by atoms with Gasteiger partial charge in [-0.2, -0.15) is 5.26 Å². The van der Waals surface area contributed by atoms with Gasteiger partial charge in [-0.25, -0.2) is 9.78 Å². The van der Waals surface area contributed by atoms with Crippen molar-refractivity contribution < 1.29 is 23.5 Å². The van der Waals surface area contributed by atoms with Crippen molar-refractivity contribution in [3.8, 4) is 17.4 Å². The smallest absolute Gasteiger partial charge is 0.374 e. The lowest BCUT2D eigenvalue weighted by Gasteiger charge is -2.05. The second-order valence-electron chi connectivity index (χ2n) is 6.23. The summed E-state index contributed by atoms with van der Waals surface area (Å²) >= 11 is 1.21. The van der Waals surface area contributed by atoms with Gasteiger partial charge in [0, 0.05) is 22.2 Å². The first kappa shape index (κ1) is 20.2. The second-order valence-corrected chi connectivity index (χ2v) is 7.12. The van der Waals surface area contributed by atoms with Gasteiger partial charge in [0.1, 0.15) is 10.8 Å². The lowest BCUT2D eigenvalue weighted by molar-refractivity contribution is -0.122. The van der Waals surface area contributed by atoms with Crippen molar-refractivity contribution in [2.75, 3.05) is 6.61 Å². The molecule has 0 radical (unpaired) electrons. The van der Waals surface area contributed by atoms with Crippen LogP contribution in [0.5, 0.6) is 0 Å². The van der Waals surface area contributed by atoms with Gasteiger partial charge in [-0.05, 0) is 26.0 Å². The highest BCUT2D eigenvalue weighted by Crippen LogP contribution is 2.24. The molecule has 0 saturated heterocycles. The molecule has 0 aliphatic carbocycles. The number of aryl methyl sites for hydroxylation is 1. The summed E-state index contributed by atoms with van der Waals surface area (Å²) in [5, 5.41) is 11.4. The van der Waals surface area contributed by atoms with E-state index >= 15 is 0 Å². The number of ketones is 2. The Balaban J connectivity index is 1.63. The number of furan rings is 1. The Morgan fingerprint density at radius 3 is 2.52 bits per heavy atom. The van der Waals surface area contributed by atoms with E-state index in [4.69, 9.17) is 9.15 Å². The molecule has 8 heteroatoms. The molecule has 2 heterocycles. The van der Waals surface area contributed by atoms with E-state index in [9.17, 15) is 19.6 Å². The lowest BCUT2D eigenvalue weighted by Crippen LogP contribution is -2.19. The first-order valence-electron chi connectivity index (χ1n) is 8.61. The van der Waals surface area contributed by atoms with E-state index < -0.39 is 24.3 Å². The molecule has 0 spiro atoms. The molecule has 0 saturated carbocycles. The monoisotopic (exact) mass is 408 g/mol. The summed E-state index contributed by atoms with van der Waals surface area (Å²) in [4.78, 5) is 39.9. The highest BCUT2D eigenvalue weighted by atomic mass is 32.1. The van der Waals surface area contributed by atoms with Crippen molar-refractivity contribution in [3.05, 3.63) is 63.8 Å². The van der Waals surface area contributed by atoms with Crippen molar-refractivity contribution in [1.29, 1.82) is 5.26 Å². The number of Topliss-reactive ketones (excluding diaryl/α,β-unsaturated/α-hetero) is 2. The molecule has 2 aromatic heterocycles. The number of rotatable bonds is 7. The van der Waals surface area contributed by atoms with Gasteiger partial charge in [-0.3, -0.25) is 9.59 Å². The summed E-state index contributed by atoms with van der Waals surface area (Å²) in [6, 6.07) is 11.7. The summed E-state index contributed by atoms with van der Waals surface area (Å²) in [6.07, 6.45) is 0.